The van der Waals surface area contributed by atoms with Gasteiger partial charge < -0.3 is 4.74 Å². The van der Waals surface area contributed by atoms with Crippen molar-refractivity contribution in [2.75, 3.05) is 5.33 Å². The first kappa shape index (κ1) is 13.0. The molecular formula is C10H8BrF3O2. The summed E-state index contributed by atoms with van der Waals surface area (Å²) in [7, 11) is 0. The van der Waals surface area contributed by atoms with Gasteiger partial charge in [0.15, 0.2) is 17.3 Å². The minimum absolute atomic E-state index is 0.150. The molecule has 1 aromatic rings. The Morgan fingerprint density at radius 2 is 2.12 bits per heavy atom. The van der Waals surface area contributed by atoms with Crippen molar-refractivity contribution in [3.63, 3.8) is 0 Å². The lowest BCUT2D eigenvalue weighted by molar-refractivity contribution is -0.0522. The monoisotopic (exact) mass is 296 g/mol. The van der Waals surface area contributed by atoms with Gasteiger partial charge in [-0.3, -0.25) is 4.79 Å². The van der Waals surface area contributed by atoms with E-state index in [2.05, 4.69) is 20.7 Å². The molecule has 0 atom stereocenters. The van der Waals surface area contributed by atoms with Crippen LogP contribution in [-0.4, -0.2) is 17.7 Å². The van der Waals surface area contributed by atoms with E-state index in [0.717, 1.165) is 12.1 Å². The van der Waals surface area contributed by atoms with E-state index >= 15 is 0 Å². The Bertz CT molecular complexity index is 382. The molecule has 0 unspecified atom stereocenters. The number of rotatable bonds is 5. The molecule has 0 heterocycles. The molecule has 88 valence electrons. The van der Waals surface area contributed by atoms with E-state index in [1.54, 1.807) is 0 Å². The summed E-state index contributed by atoms with van der Waals surface area (Å²) in [5.41, 5.74) is 0.150. The van der Waals surface area contributed by atoms with Crippen LogP contribution in [0.3, 0.4) is 0 Å². The highest BCUT2D eigenvalue weighted by Crippen LogP contribution is 2.21. The highest BCUT2D eigenvalue weighted by atomic mass is 79.9. The average Bonchev–Trinajstić information content (AvgIpc) is 2.21. The Morgan fingerprint density at radius 1 is 1.44 bits per heavy atom. The maximum Gasteiger partial charge on any atom is 0.387 e. The van der Waals surface area contributed by atoms with E-state index in [1.807, 2.05) is 0 Å². The van der Waals surface area contributed by atoms with E-state index < -0.39 is 18.2 Å². The molecule has 2 nitrogen and oxygen atoms in total. The molecule has 0 aliphatic carbocycles. The molecule has 0 bridgehead atoms. The molecule has 16 heavy (non-hydrogen) atoms. The third kappa shape index (κ3) is 3.52. The van der Waals surface area contributed by atoms with Gasteiger partial charge in [-0.2, -0.15) is 8.78 Å². The van der Waals surface area contributed by atoms with E-state index in [0.29, 0.717) is 5.33 Å². The van der Waals surface area contributed by atoms with Crippen LogP contribution in [0.15, 0.2) is 18.2 Å². The van der Waals surface area contributed by atoms with Gasteiger partial charge in [-0.25, -0.2) is 4.39 Å². The summed E-state index contributed by atoms with van der Waals surface area (Å²) in [6.45, 7) is -3.11. The number of benzene rings is 1. The Kier molecular flexibility index (Phi) is 4.79. The zero-order valence-corrected chi connectivity index (χ0v) is 9.64. The molecule has 1 aromatic carbocycles. The van der Waals surface area contributed by atoms with Crippen molar-refractivity contribution in [2.24, 2.45) is 0 Å². The van der Waals surface area contributed by atoms with Gasteiger partial charge in [0.25, 0.3) is 0 Å². The van der Waals surface area contributed by atoms with Gasteiger partial charge in [-0.05, 0) is 18.2 Å². The van der Waals surface area contributed by atoms with Crippen molar-refractivity contribution < 1.29 is 22.7 Å². The first-order valence-corrected chi connectivity index (χ1v) is 5.50. The molecule has 0 amide bonds. The summed E-state index contributed by atoms with van der Waals surface area (Å²) >= 11 is 3.07. The number of hydrogen-bond donors (Lipinski definition) is 0. The van der Waals surface area contributed by atoms with Crippen LogP contribution in [0.5, 0.6) is 5.75 Å². The van der Waals surface area contributed by atoms with Gasteiger partial charge in [0.2, 0.25) is 0 Å². The minimum Gasteiger partial charge on any atom is -0.432 e. The first-order chi connectivity index (χ1) is 7.54. The van der Waals surface area contributed by atoms with Crippen molar-refractivity contribution >= 4 is 21.7 Å². The van der Waals surface area contributed by atoms with Crippen LogP contribution in [0.25, 0.3) is 0 Å². The third-order valence-corrected chi connectivity index (χ3v) is 2.19. The summed E-state index contributed by atoms with van der Waals surface area (Å²) in [4.78, 5) is 11.4. The van der Waals surface area contributed by atoms with E-state index in [4.69, 9.17) is 0 Å². The van der Waals surface area contributed by atoms with E-state index in [1.165, 1.54) is 6.07 Å². The van der Waals surface area contributed by atoms with Crippen LogP contribution in [0.4, 0.5) is 13.2 Å². The number of carbonyl (C=O) groups is 1. The van der Waals surface area contributed by atoms with E-state index in [9.17, 15) is 18.0 Å². The van der Waals surface area contributed by atoms with Crippen molar-refractivity contribution in [3.05, 3.63) is 29.6 Å². The molecular weight excluding hydrogens is 289 g/mol. The zero-order chi connectivity index (χ0) is 12.1. The lowest BCUT2D eigenvalue weighted by Crippen LogP contribution is -2.06. The summed E-state index contributed by atoms with van der Waals surface area (Å²) < 4.78 is 40.7. The molecule has 1 rings (SSSR count). The van der Waals surface area contributed by atoms with Crippen LogP contribution >= 0.6 is 15.9 Å². The van der Waals surface area contributed by atoms with Crippen molar-refractivity contribution in [1.82, 2.24) is 0 Å². The molecule has 0 aliphatic heterocycles. The van der Waals surface area contributed by atoms with Crippen LogP contribution in [0.1, 0.15) is 16.8 Å². The molecule has 0 aliphatic rings. The first-order valence-electron chi connectivity index (χ1n) is 4.38. The topological polar surface area (TPSA) is 26.3 Å². The quantitative estimate of drug-likeness (QED) is 0.615. The number of carbonyl (C=O) groups excluding carboxylic acids is 1. The van der Waals surface area contributed by atoms with E-state index in [-0.39, 0.29) is 17.8 Å². The Morgan fingerprint density at radius 3 is 2.69 bits per heavy atom. The second kappa shape index (κ2) is 5.89. The Hall–Kier alpha value is -1.04. The Balaban J connectivity index is 2.93. The van der Waals surface area contributed by atoms with Crippen molar-refractivity contribution in [3.8, 4) is 5.75 Å². The number of Topliss-reactive ketones (excluding diaryl/α,β-unsaturated/α-hetero) is 1. The SMILES string of the molecule is O=C(CCBr)c1ccc(F)c(OC(F)F)c1. The summed E-state index contributed by atoms with van der Waals surface area (Å²) in [6.07, 6.45) is 0.208. The molecule has 6 heteroatoms. The van der Waals surface area contributed by atoms with Gasteiger partial charge in [-0.15, -0.1) is 0 Å². The summed E-state index contributed by atoms with van der Waals surface area (Å²) in [5, 5.41) is 0.453. The highest BCUT2D eigenvalue weighted by molar-refractivity contribution is 9.09. The minimum atomic E-state index is -3.11. The second-order valence-electron chi connectivity index (χ2n) is 2.89. The van der Waals surface area contributed by atoms with Gasteiger partial charge in [0.05, 0.1) is 0 Å². The van der Waals surface area contributed by atoms with Gasteiger partial charge >= 0.3 is 6.61 Å². The van der Waals surface area contributed by atoms with Crippen LogP contribution < -0.4 is 4.74 Å². The maximum absolute atomic E-state index is 13.0. The van der Waals surface area contributed by atoms with Crippen molar-refractivity contribution in [2.45, 2.75) is 13.0 Å². The van der Waals surface area contributed by atoms with Crippen molar-refractivity contribution in [1.29, 1.82) is 0 Å². The summed E-state index contributed by atoms with van der Waals surface area (Å²) in [6, 6.07) is 3.14. The zero-order valence-electron chi connectivity index (χ0n) is 8.05. The number of halogens is 4. The lowest BCUT2D eigenvalue weighted by atomic mass is 10.1. The summed E-state index contributed by atoms with van der Waals surface area (Å²) in [5.74, 6) is -1.80. The maximum atomic E-state index is 13.0. The molecule has 0 fully saturated rings. The smallest absolute Gasteiger partial charge is 0.387 e. The predicted molar refractivity (Wildman–Crippen MR) is 55.8 cm³/mol. The second-order valence-corrected chi connectivity index (χ2v) is 3.68. The van der Waals surface area contributed by atoms with Gasteiger partial charge in [0, 0.05) is 17.3 Å². The fourth-order valence-electron chi connectivity index (χ4n) is 1.09. The molecule has 0 aromatic heterocycles. The lowest BCUT2D eigenvalue weighted by Gasteiger charge is -2.07. The van der Waals surface area contributed by atoms with Gasteiger partial charge in [-0.1, -0.05) is 15.9 Å². The van der Waals surface area contributed by atoms with Crippen LogP contribution in [0, 0.1) is 5.82 Å². The largest absolute Gasteiger partial charge is 0.432 e. The fraction of sp³-hybridized carbons (Fsp3) is 0.300. The molecule has 0 N–H and O–H groups in total. The molecule has 0 saturated carbocycles. The number of alkyl halides is 3. The number of ether oxygens (including phenoxy) is 1. The molecule has 0 spiro atoms. The third-order valence-electron chi connectivity index (χ3n) is 1.79. The van der Waals surface area contributed by atoms with Crippen LogP contribution in [-0.2, 0) is 0 Å². The number of hydrogen-bond acceptors (Lipinski definition) is 2. The molecule has 0 radical (unpaired) electrons. The highest BCUT2D eigenvalue weighted by Gasteiger charge is 2.13. The fourth-order valence-corrected chi connectivity index (χ4v) is 1.45. The normalized spacial score (nSPS) is 10.6. The predicted octanol–water partition coefficient (Wildman–Crippen LogP) is 3.39. The number of ketones is 1. The molecule has 0 saturated heterocycles. The Labute approximate surface area is 98.5 Å². The standard InChI is InChI=1S/C10H8BrF3O2/c11-4-3-8(15)6-1-2-7(12)9(5-6)16-10(13)14/h1-2,5,10H,3-4H2. The van der Waals surface area contributed by atoms with Gasteiger partial charge in [0.1, 0.15) is 0 Å². The van der Waals surface area contributed by atoms with Crippen LogP contribution in [0.2, 0.25) is 0 Å². The average molecular weight is 297 g/mol.